The fourth-order valence-corrected chi connectivity index (χ4v) is 6.73. The van der Waals surface area contributed by atoms with Gasteiger partial charge in [0.1, 0.15) is 12.0 Å². The number of likely N-dealkylation sites (N-methyl/N-ethyl adjacent to an activating group) is 1. The maximum atomic E-state index is 13.3. The van der Waals surface area contributed by atoms with E-state index in [1.54, 1.807) is 18.9 Å². The molecule has 0 aromatic rings. The molecule has 0 aliphatic carbocycles. The SMILES string of the molecule is CNC(CCSC1CC(O)N(C(C)(C)CC(C)(C)C(=O)NC(C)(C)CC(C)(C)C)C1=O)C(C)=O. The Morgan fingerprint density at radius 1 is 1.09 bits per heavy atom. The average Bonchev–Trinajstić information content (AvgIpc) is 2.89. The van der Waals surface area contributed by atoms with E-state index in [4.69, 9.17) is 0 Å². The number of ketones is 1. The van der Waals surface area contributed by atoms with Gasteiger partial charge in [0.05, 0.1) is 11.3 Å². The average molecular weight is 500 g/mol. The molecule has 198 valence electrons. The molecule has 3 N–H and O–H groups in total. The highest BCUT2D eigenvalue weighted by molar-refractivity contribution is 8.00. The lowest BCUT2D eigenvalue weighted by molar-refractivity contribution is -0.146. The van der Waals surface area contributed by atoms with Gasteiger partial charge in [0.2, 0.25) is 11.8 Å². The normalized spacial score (nSPS) is 21.1. The van der Waals surface area contributed by atoms with Gasteiger partial charge in [0.15, 0.2) is 0 Å². The minimum Gasteiger partial charge on any atom is -0.373 e. The van der Waals surface area contributed by atoms with Gasteiger partial charge in [-0.05, 0) is 72.1 Å². The molecular weight excluding hydrogens is 450 g/mol. The van der Waals surface area contributed by atoms with E-state index in [2.05, 4.69) is 31.4 Å². The molecule has 0 saturated carbocycles. The van der Waals surface area contributed by atoms with Gasteiger partial charge in [-0.3, -0.25) is 14.4 Å². The molecule has 0 aromatic heterocycles. The Bertz CT molecular complexity index is 743. The van der Waals surface area contributed by atoms with Gasteiger partial charge in [-0.1, -0.05) is 34.6 Å². The van der Waals surface area contributed by atoms with Crippen LogP contribution in [-0.4, -0.2) is 69.0 Å². The smallest absolute Gasteiger partial charge is 0.238 e. The van der Waals surface area contributed by atoms with Crippen LogP contribution in [0.2, 0.25) is 0 Å². The molecule has 3 atom stereocenters. The molecule has 1 rings (SSSR count). The quantitative estimate of drug-likeness (QED) is 0.378. The van der Waals surface area contributed by atoms with Gasteiger partial charge in [-0.25, -0.2) is 0 Å². The maximum Gasteiger partial charge on any atom is 0.238 e. The summed E-state index contributed by atoms with van der Waals surface area (Å²) in [4.78, 5) is 39.7. The van der Waals surface area contributed by atoms with Crippen LogP contribution in [0.15, 0.2) is 0 Å². The van der Waals surface area contributed by atoms with E-state index in [0.717, 1.165) is 6.42 Å². The molecule has 8 heteroatoms. The van der Waals surface area contributed by atoms with E-state index in [1.165, 1.54) is 11.8 Å². The van der Waals surface area contributed by atoms with Crippen molar-refractivity contribution in [1.29, 1.82) is 0 Å². The molecule has 3 unspecified atom stereocenters. The number of carbonyl (C=O) groups is 3. The molecule has 7 nitrogen and oxygen atoms in total. The fourth-order valence-electron chi connectivity index (χ4n) is 5.51. The number of hydrogen-bond acceptors (Lipinski definition) is 6. The minimum atomic E-state index is -0.885. The first kappa shape index (κ1) is 30.9. The minimum absolute atomic E-state index is 0.0516. The molecule has 1 aliphatic heterocycles. The molecule has 0 spiro atoms. The Morgan fingerprint density at radius 2 is 1.65 bits per heavy atom. The molecule has 0 aromatic carbocycles. The first-order chi connectivity index (χ1) is 15.2. The number of thioether (sulfide) groups is 1. The highest BCUT2D eigenvalue weighted by Crippen LogP contribution is 2.39. The summed E-state index contributed by atoms with van der Waals surface area (Å²) in [6.07, 6.45) is 1.36. The molecule has 34 heavy (non-hydrogen) atoms. The lowest BCUT2D eigenvalue weighted by atomic mass is 9.76. The summed E-state index contributed by atoms with van der Waals surface area (Å²) in [7, 11) is 1.76. The van der Waals surface area contributed by atoms with Gasteiger partial charge >= 0.3 is 0 Å². The second kappa shape index (κ2) is 11.3. The molecule has 2 amide bonds. The van der Waals surface area contributed by atoms with Crippen molar-refractivity contribution in [3.05, 3.63) is 0 Å². The Balaban J connectivity index is 2.85. The van der Waals surface area contributed by atoms with Gasteiger partial charge in [0.25, 0.3) is 0 Å². The number of nitrogens with zero attached hydrogens (tertiary/aromatic N) is 1. The third kappa shape index (κ3) is 8.83. The van der Waals surface area contributed by atoms with Crippen LogP contribution in [0.3, 0.4) is 0 Å². The van der Waals surface area contributed by atoms with E-state index in [9.17, 15) is 19.5 Å². The number of carbonyl (C=O) groups excluding carboxylic acids is 3. The van der Waals surface area contributed by atoms with Crippen molar-refractivity contribution < 1.29 is 19.5 Å². The Kier molecular flexibility index (Phi) is 10.3. The lowest BCUT2D eigenvalue weighted by Crippen LogP contribution is -2.56. The van der Waals surface area contributed by atoms with Crippen LogP contribution in [0.1, 0.15) is 94.9 Å². The molecule has 1 fully saturated rings. The van der Waals surface area contributed by atoms with Gasteiger partial charge in [-0.2, -0.15) is 0 Å². The second-order valence-electron chi connectivity index (χ2n) is 13.0. The standard InChI is InChI=1S/C26H49N3O4S/c1-17(30)18(27-11)12-13-34-19-14-20(31)29(21(19)32)26(9,10)16-24(5,6)22(33)28-25(7,8)15-23(2,3)4/h18-20,27,31H,12-16H2,1-11H3,(H,28,33). The monoisotopic (exact) mass is 499 g/mol. The van der Waals surface area contributed by atoms with Gasteiger partial charge in [-0.15, -0.1) is 11.8 Å². The number of rotatable bonds is 12. The topological polar surface area (TPSA) is 98.7 Å². The fraction of sp³-hybridized carbons (Fsp3) is 0.885. The van der Waals surface area contributed by atoms with Crippen molar-refractivity contribution >= 4 is 29.4 Å². The molecule has 1 aliphatic rings. The number of Topliss-reactive ketones (excluding diaryl/α,β-unsaturated/α-hetero) is 1. The van der Waals surface area contributed by atoms with E-state index < -0.39 is 17.2 Å². The third-order valence-corrected chi connectivity index (χ3v) is 7.63. The van der Waals surface area contributed by atoms with Crippen molar-refractivity contribution in [3.63, 3.8) is 0 Å². The highest BCUT2D eigenvalue weighted by atomic mass is 32.2. The summed E-state index contributed by atoms with van der Waals surface area (Å²) < 4.78 is 0. The van der Waals surface area contributed by atoms with E-state index >= 15 is 0 Å². The number of aliphatic hydroxyl groups is 1. The molecular formula is C26H49N3O4S. The lowest BCUT2D eigenvalue weighted by Gasteiger charge is -2.43. The van der Waals surface area contributed by atoms with E-state index in [0.29, 0.717) is 25.0 Å². The largest absolute Gasteiger partial charge is 0.373 e. The highest BCUT2D eigenvalue weighted by Gasteiger charge is 2.49. The van der Waals surface area contributed by atoms with Gasteiger partial charge in [0, 0.05) is 22.9 Å². The summed E-state index contributed by atoms with van der Waals surface area (Å²) in [5.41, 5.74) is -1.71. The number of amides is 2. The molecule has 0 bridgehead atoms. The summed E-state index contributed by atoms with van der Waals surface area (Å²) in [6.45, 7) is 19.7. The zero-order valence-electron chi connectivity index (χ0n) is 23.3. The van der Waals surface area contributed by atoms with Crippen molar-refractivity contribution in [2.75, 3.05) is 12.8 Å². The van der Waals surface area contributed by atoms with Crippen molar-refractivity contribution in [2.45, 2.75) is 124 Å². The summed E-state index contributed by atoms with van der Waals surface area (Å²) >= 11 is 1.49. The van der Waals surface area contributed by atoms with Crippen molar-refractivity contribution in [2.24, 2.45) is 10.8 Å². The van der Waals surface area contributed by atoms with Crippen LogP contribution < -0.4 is 10.6 Å². The van der Waals surface area contributed by atoms with Crippen LogP contribution in [0, 0.1) is 10.8 Å². The Labute approximate surface area is 211 Å². The van der Waals surface area contributed by atoms with Crippen LogP contribution in [0.25, 0.3) is 0 Å². The second-order valence-corrected chi connectivity index (χ2v) is 14.3. The predicted octanol–water partition coefficient (Wildman–Crippen LogP) is 3.73. The number of likely N-dealkylation sites (tertiary alicyclic amines) is 1. The Hall–Kier alpha value is -1.12. The predicted molar refractivity (Wildman–Crippen MR) is 141 cm³/mol. The zero-order valence-corrected chi connectivity index (χ0v) is 24.1. The van der Waals surface area contributed by atoms with Crippen molar-refractivity contribution in [1.82, 2.24) is 15.5 Å². The summed E-state index contributed by atoms with van der Waals surface area (Å²) in [5, 5.41) is 16.6. The van der Waals surface area contributed by atoms with Gasteiger partial charge < -0.3 is 20.6 Å². The van der Waals surface area contributed by atoms with Crippen molar-refractivity contribution in [3.8, 4) is 0 Å². The van der Waals surface area contributed by atoms with Crippen LogP contribution >= 0.6 is 11.8 Å². The van der Waals surface area contributed by atoms with Crippen LogP contribution in [0.4, 0.5) is 0 Å². The number of aliphatic hydroxyl groups excluding tert-OH is 1. The molecule has 1 saturated heterocycles. The number of hydrogen-bond donors (Lipinski definition) is 3. The molecule has 0 radical (unpaired) electrons. The summed E-state index contributed by atoms with van der Waals surface area (Å²) in [5.74, 6) is 0.578. The van der Waals surface area contributed by atoms with Crippen LogP contribution in [0.5, 0.6) is 0 Å². The summed E-state index contributed by atoms with van der Waals surface area (Å²) in [6, 6.07) is -0.219. The first-order valence-electron chi connectivity index (χ1n) is 12.4. The van der Waals surface area contributed by atoms with E-state index in [-0.39, 0.29) is 39.8 Å². The van der Waals surface area contributed by atoms with Crippen LogP contribution in [-0.2, 0) is 14.4 Å². The van der Waals surface area contributed by atoms with E-state index in [1.807, 2.05) is 41.5 Å². The third-order valence-electron chi connectivity index (χ3n) is 6.37. The zero-order chi connectivity index (χ0) is 26.7. The number of nitrogens with one attached hydrogen (secondary N) is 2. The molecule has 1 heterocycles. The first-order valence-corrected chi connectivity index (χ1v) is 13.4. The Morgan fingerprint density at radius 3 is 2.12 bits per heavy atom. The maximum absolute atomic E-state index is 13.3.